The molecule has 0 aliphatic rings. The van der Waals surface area contributed by atoms with Crippen molar-refractivity contribution in [1.29, 1.82) is 0 Å². The SMILES string of the molecule is CCn1c(CCNC(=O)c2cc(OC)c(OC)c(OC)c2)nc2ccccc21. The number of nitrogens with zero attached hydrogens (tertiary/aromatic N) is 2. The maximum absolute atomic E-state index is 12.6. The van der Waals surface area contributed by atoms with Crippen molar-refractivity contribution in [2.45, 2.75) is 19.9 Å². The molecule has 0 spiro atoms. The number of fused-ring (bicyclic) bond motifs is 1. The summed E-state index contributed by atoms with van der Waals surface area (Å²) in [6.45, 7) is 3.39. The van der Waals surface area contributed by atoms with Crippen LogP contribution in [0.3, 0.4) is 0 Å². The summed E-state index contributed by atoms with van der Waals surface area (Å²) in [5.74, 6) is 2.09. The molecule has 0 unspecified atom stereocenters. The van der Waals surface area contributed by atoms with E-state index in [1.54, 1.807) is 12.1 Å². The number of methoxy groups -OCH3 is 3. The third kappa shape index (κ3) is 3.74. The van der Waals surface area contributed by atoms with Gasteiger partial charge in [0.1, 0.15) is 5.82 Å². The van der Waals surface area contributed by atoms with Crippen molar-refractivity contribution in [2.75, 3.05) is 27.9 Å². The molecule has 7 heteroatoms. The van der Waals surface area contributed by atoms with Gasteiger partial charge < -0.3 is 24.1 Å². The van der Waals surface area contributed by atoms with Crippen LogP contribution < -0.4 is 19.5 Å². The number of para-hydroxylation sites is 2. The summed E-state index contributed by atoms with van der Waals surface area (Å²) < 4.78 is 18.1. The van der Waals surface area contributed by atoms with E-state index in [2.05, 4.69) is 27.9 Å². The molecule has 0 atom stereocenters. The molecule has 28 heavy (non-hydrogen) atoms. The van der Waals surface area contributed by atoms with E-state index in [1.807, 2.05) is 18.2 Å². The van der Waals surface area contributed by atoms with Gasteiger partial charge >= 0.3 is 0 Å². The number of nitrogens with one attached hydrogen (secondary N) is 1. The van der Waals surface area contributed by atoms with Gasteiger partial charge in [-0.2, -0.15) is 0 Å². The van der Waals surface area contributed by atoms with Gasteiger partial charge in [0.25, 0.3) is 5.91 Å². The summed E-state index contributed by atoms with van der Waals surface area (Å²) in [6.07, 6.45) is 0.638. The topological polar surface area (TPSA) is 74.6 Å². The quantitative estimate of drug-likeness (QED) is 0.647. The van der Waals surface area contributed by atoms with Crippen molar-refractivity contribution in [3.8, 4) is 17.2 Å². The highest BCUT2D eigenvalue weighted by Crippen LogP contribution is 2.38. The van der Waals surface area contributed by atoms with Gasteiger partial charge in [0.15, 0.2) is 11.5 Å². The summed E-state index contributed by atoms with van der Waals surface area (Å²) >= 11 is 0. The van der Waals surface area contributed by atoms with Crippen LogP contribution in [0, 0.1) is 0 Å². The molecule has 0 aliphatic heterocycles. The smallest absolute Gasteiger partial charge is 0.251 e. The second-order valence-electron chi connectivity index (χ2n) is 6.18. The molecule has 0 saturated heterocycles. The largest absolute Gasteiger partial charge is 0.493 e. The average molecular weight is 383 g/mol. The Kier molecular flexibility index (Phi) is 6.03. The number of aromatic nitrogens is 2. The van der Waals surface area contributed by atoms with Crippen LogP contribution in [0.2, 0.25) is 0 Å². The van der Waals surface area contributed by atoms with Crippen molar-refractivity contribution in [3.05, 3.63) is 47.8 Å². The lowest BCUT2D eigenvalue weighted by Crippen LogP contribution is -2.26. The number of hydrogen-bond donors (Lipinski definition) is 1. The first-order chi connectivity index (χ1) is 13.6. The van der Waals surface area contributed by atoms with Crippen LogP contribution in [0.15, 0.2) is 36.4 Å². The molecule has 148 valence electrons. The minimum atomic E-state index is -0.210. The Morgan fingerprint density at radius 2 is 1.75 bits per heavy atom. The first kappa shape index (κ1) is 19.5. The lowest BCUT2D eigenvalue weighted by Gasteiger charge is -2.14. The van der Waals surface area contributed by atoms with E-state index >= 15 is 0 Å². The van der Waals surface area contributed by atoms with Crippen LogP contribution in [0.5, 0.6) is 17.2 Å². The predicted octanol–water partition coefficient (Wildman–Crippen LogP) is 3.05. The standard InChI is InChI=1S/C21H25N3O4/c1-5-24-16-9-7-6-8-15(16)23-19(24)10-11-22-21(25)14-12-17(26-2)20(28-4)18(13-14)27-3/h6-9,12-13H,5,10-11H2,1-4H3,(H,22,25). The Labute approximate surface area is 164 Å². The van der Waals surface area contributed by atoms with Gasteiger partial charge in [-0.25, -0.2) is 4.98 Å². The van der Waals surface area contributed by atoms with Crippen LogP contribution in [0.25, 0.3) is 11.0 Å². The fourth-order valence-corrected chi connectivity index (χ4v) is 3.27. The van der Waals surface area contributed by atoms with Crippen LogP contribution in [0.1, 0.15) is 23.1 Å². The first-order valence-corrected chi connectivity index (χ1v) is 9.15. The number of aryl methyl sites for hydroxylation is 1. The van der Waals surface area contributed by atoms with E-state index in [9.17, 15) is 4.79 Å². The molecule has 1 heterocycles. The monoisotopic (exact) mass is 383 g/mol. The zero-order chi connectivity index (χ0) is 20.1. The summed E-state index contributed by atoms with van der Waals surface area (Å²) in [6, 6.07) is 11.3. The molecule has 7 nitrogen and oxygen atoms in total. The predicted molar refractivity (Wildman–Crippen MR) is 108 cm³/mol. The number of hydrogen-bond acceptors (Lipinski definition) is 5. The van der Waals surface area contributed by atoms with Gasteiger partial charge in [-0.15, -0.1) is 0 Å². The van der Waals surface area contributed by atoms with Crippen LogP contribution in [0.4, 0.5) is 0 Å². The summed E-state index contributed by atoms with van der Waals surface area (Å²) in [5.41, 5.74) is 2.52. The van der Waals surface area contributed by atoms with Crippen LogP contribution >= 0.6 is 0 Å². The van der Waals surface area contributed by atoms with Gasteiger partial charge in [-0.3, -0.25) is 4.79 Å². The van der Waals surface area contributed by atoms with Crippen molar-refractivity contribution in [1.82, 2.24) is 14.9 Å². The van der Waals surface area contributed by atoms with E-state index in [0.29, 0.717) is 35.8 Å². The van der Waals surface area contributed by atoms with E-state index in [1.165, 1.54) is 21.3 Å². The number of ether oxygens (including phenoxy) is 3. The molecule has 1 amide bonds. The highest BCUT2D eigenvalue weighted by Gasteiger charge is 2.17. The first-order valence-electron chi connectivity index (χ1n) is 9.15. The molecule has 3 aromatic rings. The molecular weight excluding hydrogens is 358 g/mol. The Morgan fingerprint density at radius 1 is 1.07 bits per heavy atom. The third-order valence-corrected chi connectivity index (χ3v) is 4.61. The van der Waals surface area contributed by atoms with E-state index in [0.717, 1.165) is 23.4 Å². The molecule has 2 aromatic carbocycles. The maximum Gasteiger partial charge on any atom is 0.251 e. The second-order valence-corrected chi connectivity index (χ2v) is 6.18. The van der Waals surface area contributed by atoms with Gasteiger partial charge in [-0.1, -0.05) is 12.1 Å². The molecule has 0 bridgehead atoms. The minimum Gasteiger partial charge on any atom is -0.493 e. The number of benzene rings is 2. The normalized spacial score (nSPS) is 10.7. The second kappa shape index (κ2) is 8.65. The molecular formula is C21H25N3O4. The molecule has 0 aliphatic carbocycles. The molecule has 0 fully saturated rings. The highest BCUT2D eigenvalue weighted by molar-refractivity contribution is 5.95. The summed E-state index contributed by atoms with van der Waals surface area (Å²) in [7, 11) is 4.57. The summed E-state index contributed by atoms with van der Waals surface area (Å²) in [5, 5.41) is 2.94. The van der Waals surface area contributed by atoms with Crippen molar-refractivity contribution in [2.24, 2.45) is 0 Å². The molecule has 1 N–H and O–H groups in total. The maximum atomic E-state index is 12.6. The van der Waals surface area contributed by atoms with Crippen molar-refractivity contribution < 1.29 is 19.0 Å². The number of carbonyl (C=O) groups is 1. The van der Waals surface area contributed by atoms with Gasteiger partial charge in [0.2, 0.25) is 5.75 Å². The fourth-order valence-electron chi connectivity index (χ4n) is 3.27. The lowest BCUT2D eigenvalue weighted by molar-refractivity contribution is 0.0953. The Morgan fingerprint density at radius 3 is 2.36 bits per heavy atom. The summed E-state index contributed by atoms with van der Waals surface area (Å²) in [4.78, 5) is 17.3. The van der Waals surface area contributed by atoms with Gasteiger partial charge in [-0.05, 0) is 31.2 Å². The van der Waals surface area contributed by atoms with Crippen LogP contribution in [-0.2, 0) is 13.0 Å². The van der Waals surface area contributed by atoms with E-state index in [-0.39, 0.29) is 5.91 Å². The Balaban J connectivity index is 1.73. The van der Waals surface area contributed by atoms with Gasteiger partial charge in [0.05, 0.1) is 32.4 Å². The third-order valence-electron chi connectivity index (χ3n) is 4.61. The fraction of sp³-hybridized carbons (Fsp3) is 0.333. The molecule has 3 rings (SSSR count). The number of amides is 1. The van der Waals surface area contributed by atoms with E-state index < -0.39 is 0 Å². The van der Waals surface area contributed by atoms with Crippen molar-refractivity contribution in [3.63, 3.8) is 0 Å². The van der Waals surface area contributed by atoms with Gasteiger partial charge in [0, 0.05) is 25.1 Å². The Hall–Kier alpha value is -3.22. The van der Waals surface area contributed by atoms with Crippen molar-refractivity contribution >= 4 is 16.9 Å². The average Bonchev–Trinajstić information content (AvgIpc) is 3.09. The zero-order valence-corrected chi connectivity index (χ0v) is 16.6. The number of carbonyl (C=O) groups excluding carboxylic acids is 1. The number of rotatable bonds is 8. The van der Waals surface area contributed by atoms with E-state index in [4.69, 9.17) is 14.2 Å². The lowest BCUT2D eigenvalue weighted by atomic mass is 10.1. The Bertz CT molecular complexity index is 956. The van der Waals surface area contributed by atoms with Crippen LogP contribution in [-0.4, -0.2) is 43.3 Å². The highest BCUT2D eigenvalue weighted by atomic mass is 16.5. The molecule has 0 radical (unpaired) electrons. The molecule has 0 saturated carbocycles. The number of imidazole rings is 1. The zero-order valence-electron chi connectivity index (χ0n) is 16.6. The minimum absolute atomic E-state index is 0.210. The molecule has 1 aromatic heterocycles.